The third-order valence-corrected chi connectivity index (χ3v) is 7.94. The van der Waals surface area contributed by atoms with Crippen LogP contribution in [0.2, 0.25) is 0 Å². The van der Waals surface area contributed by atoms with E-state index in [2.05, 4.69) is 6.92 Å². The number of rotatable bonds is 0. The van der Waals surface area contributed by atoms with Crippen LogP contribution in [-0.4, -0.2) is 24.3 Å². The highest BCUT2D eigenvalue weighted by Gasteiger charge is 2.64. The molecular weight excluding hydrogens is 276 g/mol. The second-order valence-corrected chi connectivity index (χ2v) is 8.55. The molecule has 3 saturated carbocycles. The van der Waals surface area contributed by atoms with Gasteiger partial charge in [0.05, 0.1) is 12.7 Å². The van der Waals surface area contributed by atoms with Crippen molar-refractivity contribution in [2.24, 2.45) is 28.6 Å². The van der Waals surface area contributed by atoms with Crippen LogP contribution in [0.25, 0.3) is 0 Å². The molecule has 22 heavy (non-hydrogen) atoms. The van der Waals surface area contributed by atoms with Gasteiger partial charge in [0.15, 0.2) is 5.78 Å². The lowest BCUT2D eigenvalue weighted by Crippen LogP contribution is -2.52. The minimum Gasteiger partial charge on any atom is -0.373 e. The summed E-state index contributed by atoms with van der Waals surface area (Å²) in [6.07, 6.45) is 8.83. The number of ether oxygens (including phenoxy) is 1. The minimum absolute atomic E-state index is 0.0665. The zero-order valence-electron chi connectivity index (χ0n) is 13.3. The van der Waals surface area contributed by atoms with Crippen molar-refractivity contribution < 1.29 is 14.3 Å². The Morgan fingerprint density at radius 2 is 2.00 bits per heavy atom. The standard InChI is InChI=1S/C19H24O3/c1-18-6-5-14-12(13(18)2-3-17(18)21)9-16-15-8-11(20)4-7-19(14,15)10-22-16/h8,12-14,16H,2-7,9-10H2,1H3/t12-,13-,14-,16+,18-,19-/m0/s1. The van der Waals surface area contributed by atoms with E-state index in [1.165, 1.54) is 5.57 Å². The fourth-order valence-electron chi connectivity index (χ4n) is 6.81. The number of carbonyl (C=O) groups is 2. The number of ketones is 2. The maximum absolute atomic E-state index is 12.4. The van der Waals surface area contributed by atoms with Crippen LogP contribution < -0.4 is 0 Å². The van der Waals surface area contributed by atoms with Crippen LogP contribution in [0, 0.1) is 28.6 Å². The van der Waals surface area contributed by atoms with E-state index in [9.17, 15) is 9.59 Å². The normalized spacial score (nSPS) is 52.9. The highest BCUT2D eigenvalue weighted by Crippen LogP contribution is 2.66. The molecule has 0 N–H and O–H groups in total. The van der Waals surface area contributed by atoms with Crippen LogP contribution in [0.3, 0.4) is 0 Å². The van der Waals surface area contributed by atoms with Crippen LogP contribution in [0.1, 0.15) is 51.9 Å². The van der Waals surface area contributed by atoms with Gasteiger partial charge in [-0.3, -0.25) is 9.59 Å². The van der Waals surface area contributed by atoms with Gasteiger partial charge in [0.2, 0.25) is 0 Å². The fraction of sp³-hybridized carbons (Fsp3) is 0.789. The first-order valence-corrected chi connectivity index (χ1v) is 8.94. The SMILES string of the molecule is C[C@]12CC[C@H]3[C@@H](C[C@H]4OC[C@@]35CCC(=O)C=C45)[C@@H]1CCC2=O. The van der Waals surface area contributed by atoms with Crippen LogP contribution in [-0.2, 0) is 14.3 Å². The topological polar surface area (TPSA) is 43.4 Å². The summed E-state index contributed by atoms with van der Waals surface area (Å²) in [6.45, 7) is 3.04. The Kier molecular flexibility index (Phi) is 2.52. The predicted molar refractivity (Wildman–Crippen MR) is 81.2 cm³/mol. The average Bonchev–Trinajstić information content (AvgIpc) is 2.94. The molecule has 0 radical (unpaired) electrons. The zero-order valence-corrected chi connectivity index (χ0v) is 13.3. The van der Waals surface area contributed by atoms with Gasteiger partial charge in [0.25, 0.3) is 0 Å². The van der Waals surface area contributed by atoms with Crippen molar-refractivity contribution in [3.63, 3.8) is 0 Å². The first kappa shape index (κ1) is 13.5. The van der Waals surface area contributed by atoms with Gasteiger partial charge in [0, 0.05) is 23.7 Å². The number of hydrogen-bond donors (Lipinski definition) is 0. The summed E-state index contributed by atoms with van der Waals surface area (Å²) in [7, 11) is 0. The fourth-order valence-corrected chi connectivity index (χ4v) is 6.81. The lowest BCUT2D eigenvalue weighted by atomic mass is 9.47. The molecule has 4 aliphatic carbocycles. The first-order chi connectivity index (χ1) is 10.5. The highest BCUT2D eigenvalue weighted by molar-refractivity contribution is 5.92. The van der Waals surface area contributed by atoms with E-state index < -0.39 is 0 Å². The van der Waals surface area contributed by atoms with Crippen LogP contribution >= 0.6 is 0 Å². The summed E-state index contributed by atoms with van der Waals surface area (Å²) in [4.78, 5) is 24.3. The van der Waals surface area contributed by atoms with E-state index in [4.69, 9.17) is 4.74 Å². The van der Waals surface area contributed by atoms with Crippen molar-refractivity contribution in [2.75, 3.05) is 6.61 Å². The van der Waals surface area contributed by atoms with Gasteiger partial charge < -0.3 is 4.74 Å². The van der Waals surface area contributed by atoms with Gasteiger partial charge in [-0.15, -0.1) is 0 Å². The van der Waals surface area contributed by atoms with E-state index in [0.717, 1.165) is 45.1 Å². The van der Waals surface area contributed by atoms with Crippen molar-refractivity contribution in [1.82, 2.24) is 0 Å². The summed E-state index contributed by atoms with van der Waals surface area (Å²) in [5.74, 6) is 2.61. The Balaban J connectivity index is 1.58. The van der Waals surface area contributed by atoms with E-state index >= 15 is 0 Å². The van der Waals surface area contributed by atoms with Crippen LogP contribution in [0.15, 0.2) is 11.6 Å². The van der Waals surface area contributed by atoms with E-state index in [-0.39, 0.29) is 22.7 Å². The number of carbonyl (C=O) groups excluding carboxylic acids is 2. The van der Waals surface area contributed by atoms with Gasteiger partial charge in [-0.1, -0.05) is 6.92 Å². The van der Waals surface area contributed by atoms with Gasteiger partial charge in [-0.05, 0) is 61.5 Å². The summed E-state index contributed by atoms with van der Waals surface area (Å²) in [5.41, 5.74) is 1.38. The van der Waals surface area contributed by atoms with Gasteiger partial charge in [-0.25, -0.2) is 0 Å². The molecule has 0 spiro atoms. The second-order valence-electron chi connectivity index (χ2n) is 8.55. The molecule has 0 aromatic heterocycles. The van der Waals surface area contributed by atoms with Gasteiger partial charge >= 0.3 is 0 Å². The van der Waals surface area contributed by atoms with Crippen molar-refractivity contribution in [3.05, 3.63) is 11.6 Å². The highest BCUT2D eigenvalue weighted by atomic mass is 16.5. The number of fused-ring (bicyclic) bond motifs is 3. The second kappa shape index (κ2) is 4.11. The van der Waals surface area contributed by atoms with Gasteiger partial charge in [-0.2, -0.15) is 0 Å². The Bertz CT molecular complexity index is 606. The largest absolute Gasteiger partial charge is 0.373 e. The Morgan fingerprint density at radius 1 is 1.14 bits per heavy atom. The predicted octanol–water partition coefficient (Wildman–Crippen LogP) is 3.08. The minimum atomic E-state index is -0.0665. The molecule has 6 atom stereocenters. The van der Waals surface area contributed by atoms with E-state index in [1.54, 1.807) is 0 Å². The smallest absolute Gasteiger partial charge is 0.155 e. The number of hydrogen-bond acceptors (Lipinski definition) is 3. The third kappa shape index (κ3) is 1.42. The zero-order chi connectivity index (χ0) is 15.1. The monoisotopic (exact) mass is 300 g/mol. The summed E-state index contributed by atoms with van der Waals surface area (Å²) >= 11 is 0. The molecule has 0 amide bonds. The molecule has 0 unspecified atom stereocenters. The van der Waals surface area contributed by atoms with Crippen LogP contribution in [0.5, 0.6) is 0 Å². The molecule has 2 bridgehead atoms. The van der Waals surface area contributed by atoms with Crippen molar-refractivity contribution in [2.45, 2.75) is 58.0 Å². The van der Waals surface area contributed by atoms with E-state index in [0.29, 0.717) is 30.0 Å². The molecule has 1 heterocycles. The number of Topliss-reactive ketones (excluding diaryl/α,β-unsaturated/α-hetero) is 1. The average molecular weight is 300 g/mol. The van der Waals surface area contributed by atoms with Crippen molar-refractivity contribution in [3.8, 4) is 0 Å². The molecule has 1 saturated heterocycles. The quantitative estimate of drug-likeness (QED) is 0.690. The summed E-state index contributed by atoms with van der Waals surface area (Å²) < 4.78 is 6.16. The molecule has 0 aromatic rings. The molecule has 3 heteroatoms. The molecular formula is C19H24O3. The van der Waals surface area contributed by atoms with Crippen LogP contribution in [0.4, 0.5) is 0 Å². The summed E-state index contributed by atoms with van der Waals surface area (Å²) in [6, 6.07) is 0. The third-order valence-electron chi connectivity index (χ3n) is 7.94. The van der Waals surface area contributed by atoms with E-state index in [1.807, 2.05) is 6.08 Å². The maximum Gasteiger partial charge on any atom is 0.155 e. The molecule has 0 aromatic carbocycles. The molecule has 1 aliphatic heterocycles. The Hall–Kier alpha value is -0.960. The molecule has 4 fully saturated rings. The molecule has 5 rings (SSSR count). The van der Waals surface area contributed by atoms with Crippen molar-refractivity contribution in [1.29, 1.82) is 0 Å². The molecule has 118 valence electrons. The summed E-state index contributed by atoms with van der Waals surface area (Å²) in [5, 5.41) is 0. The lowest BCUT2D eigenvalue weighted by Gasteiger charge is -2.55. The molecule has 5 aliphatic rings. The Morgan fingerprint density at radius 3 is 2.86 bits per heavy atom. The first-order valence-electron chi connectivity index (χ1n) is 8.94. The molecule has 3 nitrogen and oxygen atoms in total. The maximum atomic E-state index is 12.4. The lowest BCUT2D eigenvalue weighted by molar-refractivity contribution is -0.132. The van der Waals surface area contributed by atoms with Crippen molar-refractivity contribution >= 4 is 11.6 Å². The van der Waals surface area contributed by atoms with Gasteiger partial charge in [0.1, 0.15) is 5.78 Å². The Labute approximate surface area is 131 Å².